The first-order valence-electron chi connectivity index (χ1n) is 37.3. The molecular formula is C82H78BrF4N17O8. The molecule has 4 aliphatic carbocycles. The molecule has 4 saturated heterocycles. The van der Waals surface area contributed by atoms with Gasteiger partial charge in [-0.05, 0) is 196 Å². The summed E-state index contributed by atoms with van der Waals surface area (Å²) in [6.45, 7) is 10.5. The van der Waals surface area contributed by atoms with E-state index in [1.165, 1.54) is 100 Å². The number of ether oxygens (including phenoxy) is 4. The number of nitrogens with zero attached hydrogens (tertiary/aromatic N) is 17. The molecule has 0 N–H and O–H groups in total. The van der Waals surface area contributed by atoms with Crippen LogP contribution in [0.1, 0.15) is 115 Å². The molecule has 8 bridgehead atoms. The number of aromatic nitrogens is 13. The SMILES string of the molecule is Cc1ccc(OC2CC3CC2N(C(=O)c2c(F)cccc2-n2nccn2)C3)nc1.Cc1ccc(OC2CC3CC2N(C(=O)c2cc(F)ccc2-n2nccn2)C3)nc1.Cc1ccc(OC2CC3CC2N(C(=O)c2ccc(F)cc2-n2nccn2)C3)nc1.Cc1ccc(OC2CC3CC2N(C(=O)c2cccc(F)c2Br)C3)nc1. The smallest absolute Gasteiger partial charge is 0.259 e. The molecule has 30 heteroatoms. The molecule has 19 rings (SSSR count). The third-order valence-electron chi connectivity index (χ3n) is 22.0. The van der Waals surface area contributed by atoms with Crippen LogP contribution in [0.4, 0.5) is 17.6 Å². The van der Waals surface area contributed by atoms with Crippen LogP contribution in [-0.2, 0) is 0 Å². The van der Waals surface area contributed by atoms with E-state index in [-0.39, 0.29) is 87.8 Å². The predicted molar refractivity (Wildman–Crippen MR) is 402 cm³/mol. The van der Waals surface area contributed by atoms with Crippen LogP contribution in [0.15, 0.2) is 188 Å². The lowest BCUT2D eigenvalue weighted by molar-refractivity contribution is 0.0460. The van der Waals surface area contributed by atoms with Crippen LogP contribution in [0.2, 0.25) is 0 Å². The van der Waals surface area contributed by atoms with Crippen molar-refractivity contribution in [2.24, 2.45) is 23.7 Å². The molecule has 8 fully saturated rings. The molecular weight excluding hydrogens is 1510 g/mol. The van der Waals surface area contributed by atoms with Gasteiger partial charge in [0.1, 0.15) is 64.6 Å². The van der Waals surface area contributed by atoms with Gasteiger partial charge >= 0.3 is 0 Å². The van der Waals surface area contributed by atoms with Crippen molar-refractivity contribution < 1.29 is 55.7 Å². The van der Waals surface area contributed by atoms with Gasteiger partial charge in [-0.15, -0.1) is 0 Å². The van der Waals surface area contributed by atoms with E-state index in [0.717, 1.165) is 73.6 Å². The second-order valence-corrected chi connectivity index (χ2v) is 30.6. The maximum atomic E-state index is 14.7. The number of amides is 4. The van der Waals surface area contributed by atoms with Gasteiger partial charge in [-0.2, -0.15) is 45.0 Å². The zero-order valence-corrected chi connectivity index (χ0v) is 63.1. The molecule has 4 aliphatic heterocycles. The van der Waals surface area contributed by atoms with Gasteiger partial charge in [0, 0.05) is 81.3 Å². The number of hydrogen-bond acceptors (Lipinski definition) is 18. The Morgan fingerprint density at radius 1 is 0.357 bits per heavy atom. The normalized spacial score (nSPS) is 23.2. The van der Waals surface area contributed by atoms with Crippen LogP contribution in [0.3, 0.4) is 0 Å². The van der Waals surface area contributed by atoms with Gasteiger partial charge in [0.15, 0.2) is 0 Å². The molecule has 12 atom stereocenters. The topological polar surface area (TPSA) is 262 Å². The molecule has 4 saturated carbocycles. The molecule has 4 aromatic carbocycles. The highest BCUT2D eigenvalue weighted by molar-refractivity contribution is 9.10. The Bertz CT molecular complexity index is 5180. The quantitative estimate of drug-likeness (QED) is 0.0864. The maximum absolute atomic E-state index is 14.7. The molecule has 0 radical (unpaired) electrons. The average molecular weight is 1590 g/mol. The van der Waals surface area contributed by atoms with Crippen molar-refractivity contribution in [3.63, 3.8) is 0 Å². The number of piperidine rings is 4. The number of fused-ring (bicyclic) bond motifs is 8. The monoisotopic (exact) mass is 1580 g/mol. The molecule has 4 amide bonds. The van der Waals surface area contributed by atoms with Crippen LogP contribution >= 0.6 is 15.9 Å². The summed E-state index contributed by atoms with van der Waals surface area (Å²) in [5, 5.41) is 24.4. The Kier molecular flexibility index (Phi) is 21.1. The maximum Gasteiger partial charge on any atom is 0.259 e. The summed E-state index contributed by atoms with van der Waals surface area (Å²) in [6.07, 6.45) is 22.8. The highest BCUT2D eigenvalue weighted by atomic mass is 79.9. The molecule has 7 aromatic heterocycles. The Balaban J connectivity index is 0.000000113. The van der Waals surface area contributed by atoms with Crippen molar-refractivity contribution in [3.05, 3.63) is 256 Å². The zero-order valence-electron chi connectivity index (χ0n) is 61.5. The Labute approximate surface area is 650 Å². The highest BCUT2D eigenvalue weighted by Gasteiger charge is 2.53. The van der Waals surface area contributed by atoms with Gasteiger partial charge in [0.25, 0.3) is 23.6 Å². The van der Waals surface area contributed by atoms with E-state index in [2.05, 4.69) is 66.5 Å². The van der Waals surface area contributed by atoms with E-state index < -0.39 is 23.3 Å². The number of halogens is 5. The number of pyridine rings is 4. The number of carbonyl (C=O) groups excluding carboxylic acids is 4. The molecule has 112 heavy (non-hydrogen) atoms. The number of benzene rings is 4. The number of carbonyl (C=O) groups is 4. The largest absolute Gasteiger partial charge is 0.472 e. The van der Waals surface area contributed by atoms with Gasteiger partial charge < -0.3 is 38.5 Å². The van der Waals surface area contributed by atoms with E-state index in [1.54, 1.807) is 58.9 Å². The standard InChI is InChI=1S/3C21H20FN5O2.C19H18BrFN2O2/c1-13-2-5-20(23-11-13)29-19-9-14-8-18(19)26(12-14)21(28)16-10-15(22)3-4-17(16)27-24-6-7-25-27;1-13-2-5-20(23-11-13)29-19-9-14-8-18(19)26(12-14)21(28)16-4-3-15(22)10-17(16)27-24-6-7-25-27;1-13-5-6-19(23-11-13)29-18-10-14-9-17(18)26(12-14)21(28)20-15(22)3-2-4-16(20)27-24-7-8-25-27;1-11-5-6-17(22-9-11)25-16-8-12-7-15(16)23(10-12)19(24)13-3-2-4-14(21)18(13)20/h2*2-7,10-11,14,18-19H,8-9,12H2,1H3;2-8,11,14,17-18H,9-10,12H2,1H3;2-6,9,12,15-16H,7-8,10H2,1H3. The van der Waals surface area contributed by atoms with Crippen molar-refractivity contribution in [2.75, 3.05) is 26.2 Å². The van der Waals surface area contributed by atoms with Gasteiger partial charge in [0.2, 0.25) is 23.5 Å². The van der Waals surface area contributed by atoms with Crippen LogP contribution in [0, 0.1) is 74.6 Å². The first kappa shape index (κ1) is 74.3. The van der Waals surface area contributed by atoms with Crippen LogP contribution in [-0.4, -0.2) is 183 Å². The first-order valence-corrected chi connectivity index (χ1v) is 38.1. The van der Waals surface area contributed by atoms with Crippen LogP contribution < -0.4 is 18.9 Å². The lowest BCUT2D eigenvalue weighted by atomic mass is 10.1. The van der Waals surface area contributed by atoms with Gasteiger partial charge in [-0.1, -0.05) is 36.4 Å². The fourth-order valence-electron chi connectivity index (χ4n) is 16.9. The number of likely N-dealkylation sites (tertiary alicyclic amines) is 4. The first-order chi connectivity index (χ1) is 54.3. The van der Waals surface area contributed by atoms with Gasteiger partial charge in [-0.25, -0.2) is 37.5 Å². The Morgan fingerprint density at radius 3 is 1.11 bits per heavy atom. The number of rotatable bonds is 15. The minimum atomic E-state index is -0.578. The summed E-state index contributed by atoms with van der Waals surface area (Å²) in [5.41, 5.74) is 6.37. The lowest BCUT2D eigenvalue weighted by Crippen LogP contribution is -2.47. The number of aryl methyl sites for hydroxylation is 4. The minimum absolute atomic E-state index is 0.00997. The molecule has 8 aliphatic rings. The minimum Gasteiger partial charge on any atom is -0.472 e. The van der Waals surface area contributed by atoms with Crippen molar-refractivity contribution >= 4 is 39.6 Å². The molecule has 12 unspecified atom stereocenters. The van der Waals surface area contributed by atoms with Crippen molar-refractivity contribution in [3.8, 4) is 40.6 Å². The molecule has 11 heterocycles. The van der Waals surface area contributed by atoms with E-state index in [4.69, 9.17) is 18.9 Å². The number of hydrogen-bond donors (Lipinski definition) is 0. The molecule has 0 spiro atoms. The summed E-state index contributed by atoms with van der Waals surface area (Å²) < 4.78 is 80.8. The second-order valence-electron chi connectivity index (χ2n) is 29.8. The second kappa shape index (κ2) is 31.9. The fourth-order valence-corrected chi connectivity index (χ4v) is 17.3. The van der Waals surface area contributed by atoms with Crippen LogP contribution in [0.25, 0.3) is 17.1 Å². The zero-order chi connectivity index (χ0) is 77.4. The summed E-state index contributed by atoms with van der Waals surface area (Å²) in [7, 11) is 0. The lowest BCUT2D eigenvalue weighted by Gasteiger charge is -2.33. The van der Waals surface area contributed by atoms with Gasteiger partial charge in [0.05, 0.1) is 88.2 Å². The Hall–Kier alpha value is -11.8. The van der Waals surface area contributed by atoms with E-state index in [0.29, 0.717) is 102 Å². The van der Waals surface area contributed by atoms with Crippen molar-refractivity contribution in [1.82, 2.24) is 84.5 Å². The molecule has 25 nitrogen and oxygen atoms in total. The molecule has 574 valence electrons. The van der Waals surface area contributed by atoms with E-state index in [9.17, 15) is 36.7 Å². The average Bonchev–Trinajstić information content (AvgIpc) is 1.76. The summed E-state index contributed by atoms with van der Waals surface area (Å²) in [5.74, 6) is 1.01. The Morgan fingerprint density at radius 2 is 0.705 bits per heavy atom. The highest BCUT2D eigenvalue weighted by Crippen LogP contribution is 2.45. The summed E-state index contributed by atoms with van der Waals surface area (Å²) in [4.78, 5) is 81.3. The van der Waals surface area contributed by atoms with Gasteiger partial charge in [-0.3, -0.25) is 19.2 Å². The summed E-state index contributed by atoms with van der Waals surface area (Å²) >= 11 is 3.19. The third-order valence-corrected chi connectivity index (χ3v) is 22.8. The van der Waals surface area contributed by atoms with E-state index >= 15 is 0 Å². The summed E-state index contributed by atoms with van der Waals surface area (Å²) in [6, 6.07) is 32.2. The van der Waals surface area contributed by atoms with Crippen LogP contribution in [0.5, 0.6) is 23.5 Å². The van der Waals surface area contributed by atoms with Crippen molar-refractivity contribution in [2.45, 2.75) is 128 Å². The fraction of sp³-hybridized carbons (Fsp3) is 0.341. The molecule has 11 aromatic rings. The third kappa shape index (κ3) is 15.7. The predicted octanol–water partition coefficient (Wildman–Crippen LogP) is 12.3. The van der Waals surface area contributed by atoms with Crippen molar-refractivity contribution in [1.29, 1.82) is 0 Å². The van der Waals surface area contributed by atoms with E-state index in [1.807, 2.05) is 86.0 Å².